The van der Waals surface area contributed by atoms with Gasteiger partial charge in [-0.3, -0.25) is 4.79 Å². The zero-order valence-corrected chi connectivity index (χ0v) is 16.1. The highest BCUT2D eigenvalue weighted by Gasteiger charge is 2.26. The zero-order chi connectivity index (χ0) is 19.1. The Labute approximate surface area is 160 Å². The number of hydrogen-bond acceptors (Lipinski definition) is 5. The van der Waals surface area contributed by atoms with Gasteiger partial charge in [0.15, 0.2) is 0 Å². The highest BCUT2D eigenvalue weighted by atomic mass is 16.5. The maximum Gasteiger partial charge on any atom is 0.253 e. The molecule has 0 bridgehead atoms. The zero-order valence-electron chi connectivity index (χ0n) is 16.1. The van der Waals surface area contributed by atoms with Gasteiger partial charge >= 0.3 is 0 Å². The number of amides is 1. The van der Waals surface area contributed by atoms with Crippen LogP contribution in [0.3, 0.4) is 0 Å². The van der Waals surface area contributed by atoms with E-state index in [1.165, 1.54) is 0 Å². The largest absolute Gasteiger partial charge is 0.494 e. The van der Waals surface area contributed by atoms with E-state index in [4.69, 9.17) is 9.47 Å². The Balaban J connectivity index is 1.57. The monoisotopic (exact) mass is 369 g/mol. The van der Waals surface area contributed by atoms with Gasteiger partial charge in [-0.2, -0.15) is 4.98 Å². The molecule has 3 rings (SSSR count). The third-order valence-electron chi connectivity index (χ3n) is 4.57. The molecule has 0 spiro atoms. The van der Waals surface area contributed by atoms with Crippen LogP contribution in [0.1, 0.15) is 48.8 Å². The maximum atomic E-state index is 12.8. The Kier molecular flexibility index (Phi) is 6.63. The van der Waals surface area contributed by atoms with Crippen molar-refractivity contribution in [3.63, 3.8) is 0 Å². The number of nitrogens with zero attached hydrogens (tertiary/aromatic N) is 3. The molecule has 6 nitrogen and oxygen atoms in total. The summed E-state index contributed by atoms with van der Waals surface area (Å²) in [5.41, 5.74) is 0.677. The number of carbonyl (C=O) groups excluding carboxylic acids is 1. The molecule has 1 unspecified atom stereocenters. The first kappa shape index (κ1) is 19.1. The van der Waals surface area contributed by atoms with Gasteiger partial charge in [-0.05, 0) is 50.5 Å². The number of rotatable bonds is 7. The van der Waals surface area contributed by atoms with Crippen LogP contribution in [0.4, 0.5) is 0 Å². The second-order valence-corrected chi connectivity index (χ2v) is 6.80. The van der Waals surface area contributed by atoms with Crippen molar-refractivity contribution in [3.05, 3.63) is 47.9 Å². The molecule has 0 N–H and O–H groups in total. The minimum absolute atomic E-state index is 0.0299. The van der Waals surface area contributed by atoms with E-state index < -0.39 is 0 Å². The van der Waals surface area contributed by atoms with Crippen molar-refractivity contribution in [1.29, 1.82) is 0 Å². The van der Waals surface area contributed by atoms with E-state index >= 15 is 0 Å². The molecule has 1 amide bonds. The van der Waals surface area contributed by atoms with Crippen LogP contribution in [0, 0.1) is 6.92 Å². The molecular weight excluding hydrogens is 342 g/mol. The summed E-state index contributed by atoms with van der Waals surface area (Å²) in [6.07, 6.45) is 5.60. The molecule has 6 heteroatoms. The van der Waals surface area contributed by atoms with Gasteiger partial charge in [-0.15, -0.1) is 0 Å². The van der Waals surface area contributed by atoms with Crippen molar-refractivity contribution < 1.29 is 14.3 Å². The molecule has 0 aliphatic carbocycles. The normalized spacial score (nSPS) is 16.8. The number of likely N-dealkylation sites (tertiary alicyclic amines) is 1. The molecular formula is C21H27N3O3. The van der Waals surface area contributed by atoms with Gasteiger partial charge in [0.25, 0.3) is 5.91 Å². The van der Waals surface area contributed by atoms with Gasteiger partial charge in [0.05, 0.1) is 13.2 Å². The van der Waals surface area contributed by atoms with Gasteiger partial charge < -0.3 is 14.4 Å². The van der Waals surface area contributed by atoms with Gasteiger partial charge in [0.1, 0.15) is 17.7 Å². The van der Waals surface area contributed by atoms with Crippen LogP contribution in [0.15, 0.2) is 36.5 Å². The number of hydrogen-bond donors (Lipinski definition) is 0. The van der Waals surface area contributed by atoms with Crippen molar-refractivity contribution in [2.24, 2.45) is 0 Å². The third-order valence-corrected chi connectivity index (χ3v) is 4.57. The van der Waals surface area contributed by atoms with Crippen molar-refractivity contribution >= 4 is 5.91 Å². The number of ether oxygens (including phenoxy) is 2. The van der Waals surface area contributed by atoms with Crippen LogP contribution in [0.25, 0.3) is 0 Å². The van der Waals surface area contributed by atoms with E-state index in [1.807, 2.05) is 36.1 Å². The Bertz CT molecular complexity index is 749. The van der Waals surface area contributed by atoms with Crippen molar-refractivity contribution in [2.45, 2.75) is 45.6 Å². The van der Waals surface area contributed by atoms with Gasteiger partial charge in [0.2, 0.25) is 5.88 Å². The smallest absolute Gasteiger partial charge is 0.253 e. The second kappa shape index (κ2) is 9.35. The van der Waals surface area contributed by atoms with Crippen LogP contribution in [-0.4, -0.2) is 46.6 Å². The summed E-state index contributed by atoms with van der Waals surface area (Å²) in [5.74, 6) is 2.08. The Hall–Kier alpha value is -2.63. The van der Waals surface area contributed by atoms with Crippen molar-refractivity contribution in [2.75, 3.05) is 19.7 Å². The lowest BCUT2D eigenvalue weighted by Gasteiger charge is -2.32. The fourth-order valence-corrected chi connectivity index (χ4v) is 3.10. The summed E-state index contributed by atoms with van der Waals surface area (Å²) in [7, 11) is 0. The topological polar surface area (TPSA) is 64.5 Å². The first-order valence-corrected chi connectivity index (χ1v) is 9.64. The molecule has 27 heavy (non-hydrogen) atoms. The Morgan fingerprint density at radius 3 is 2.81 bits per heavy atom. The fourth-order valence-electron chi connectivity index (χ4n) is 3.10. The molecule has 1 saturated heterocycles. The molecule has 0 saturated carbocycles. The summed E-state index contributed by atoms with van der Waals surface area (Å²) in [6.45, 7) is 5.98. The molecule has 1 aromatic heterocycles. The van der Waals surface area contributed by atoms with Crippen molar-refractivity contribution in [1.82, 2.24) is 14.9 Å². The number of carbonyl (C=O) groups is 1. The molecule has 1 atom stereocenters. The number of aromatic nitrogens is 2. The first-order chi connectivity index (χ1) is 13.2. The van der Waals surface area contributed by atoms with Gasteiger partial charge in [0, 0.05) is 24.4 Å². The average Bonchev–Trinajstić information content (AvgIpc) is 2.68. The summed E-state index contributed by atoms with van der Waals surface area (Å²) in [4.78, 5) is 23.0. The summed E-state index contributed by atoms with van der Waals surface area (Å²) in [5, 5.41) is 0. The third kappa shape index (κ3) is 5.42. The van der Waals surface area contributed by atoms with Gasteiger partial charge in [-0.1, -0.05) is 13.3 Å². The Morgan fingerprint density at radius 1 is 1.26 bits per heavy atom. The lowest BCUT2D eigenvalue weighted by Crippen LogP contribution is -2.44. The number of piperidine rings is 1. The van der Waals surface area contributed by atoms with Gasteiger partial charge in [-0.25, -0.2) is 4.98 Å². The molecule has 1 aliphatic rings. The molecule has 2 heterocycles. The van der Waals surface area contributed by atoms with E-state index in [2.05, 4.69) is 16.9 Å². The standard InChI is InChI=1S/C21H27N3O3/c1-3-4-14-26-18-9-7-17(8-10-18)21(25)24-13-5-6-19(15-24)27-20-11-12-22-16(2)23-20/h7-12,19H,3-6,13-15H2,1-2H3. The van der Waals surface area contributed by atoms with E-state index in [9.17, 15) is 4.79 Å². The van der Waals surface area contributed by atoms with E-state index in [0.29, 0.717) is 30.4 Å². The van der Waals surface area contributed by atoms with E-state index in [-0.39, 0.29) is 12.0 Å². The van der Waals surface area contributed by atoms with Crippen LogP contribution >= 0.6 is 0 Å². The molecule has 2 aromatic rings. The number of aryl methyl sites for hydroxylation is 1. The van der Waals surface area contributed by atoms with Crippen LogP contribution in [0.5, 0.6) is 11.6 Å². The highest BCUT2D eigenvalue weighted by Crippen LogP contribution is 2.20. The second-order valence-electron chi connectivity index (χ2n) is 6.80. The average molecular weight is 369 g/mol. The van der Waals surface area contributed by atoms with Crippen LogP contribution < -0.4 is 9.47 Å². The van der Waals surface area contributed by atoms with Crippen LogP contribution in [-0.2, 0) is 0 Å². The minimum Gasteiger partial charge on any atom is -0.494 e. The molecule has 144 valence electrons. The minimum atomic E-state index is -0.0475. The maximum absolute atomic E-state index is 12.8. The van der Waals surface area contributed by atoms with E-state index in [1.54, 1.807) is 12.3 Å². The van der Waals surface area contributed by atoms with E-state index in [0.717, 1.165) is 38.0 Å². The van der Waals surface area contributed by atoms with Crippen LogP contribution in [0.2, 0.25) is 0 Å². The molecule has 1 aromatic carbocycles. The highest BCUT2D eigenvalue weighted by molar-refractivity contribution is 5.94. The lowest BCUT2D eigenvalue weighted by molar-refractivity contribution is 0.0527. The quantitative estimate of drug-likeness (QED) is 0.697. The summed E-state index contributed by atoms with van der Waals surface area (Å²) in [6, 6.07) is 9.16. The Morgan fingerprint density at radius 2 is 2.07 bits per heavy atom. The molecule has 1 aliphatic heterocycles. The molecule has 1 fully saturated rings. The fraction of sp³-hybridized carbons (Fsp3) is 0.476. The SMILES string of the molecule is CCCCOc1ccc(C(=O)N2CCCC(Oc3ccnc(C)n3)C2)cc1. The summed E-state index contributed by atoms with van der Waals surface area (Å²) >= 11 is 0. The predicted molar refractivity (Wildman–Crippen MR) is 103 cm³/mol. The summed E-state index contributed by atoms with van der Waals surface area (Å²) < 4.78 is 11.6. The first-order valence-electron chi connectivity index (χ1n) is 9.64. The predicted octanol–water partition coefficient (Wildman–Crippen LogP) is 3.65. The number of unbranched alkanes of at least 4 members (excludes halogenated alkanes) is 1. The molecule has 0 radical (unpaired) electrons. The lowest BCUT2D eigenvalue weighted by atomic mass is 10.1. The number of benzene rings is 1. The van der Waals surface area contributed by atoms with Crippen molar-refractivity contribution in [3.8, 4) is 11.6 Å².